The summed E-state index contributed by atoms with van der Waals surface area (Å²) in [4.78, 5) is 0. The monoisotopic (exact) mass is 337 g/mol. The fourth-order valence-electron chi connectivity index (χ4n) is 2.39. The molecule has 0 fully saturated rings. The van der Waals surface area contributed by atoms with Gasteiger partial charge in [-0.05, 0) is 62.3 Å². The Bertz CT molecular complexity index is 894. The molecule has 0 aliphatic heterocycles. The van der Waals surface area contributed by atoms with Gasteiger partial charge in [0.25, 0.3) is 0 Å². The molecule has 5 heteroatoms. The van der Waals surface area contributed by atoms with Crippen molar-refractivity contribution in [3.05, 3.63) is 65.4 Å². The third-order valence-corrected chi connectivity index (χ3v) is 4.15. The van der Waals surface area contributed by atoms with Crippen molar-refractivity contribution in [3.63, 3.8) is 0 Å². The summed E-state index contributed by atoms with van der Waals surface area (Å²) in [6, 6.07) is 15.9. The second-order valence-corrected chi connectivity index (χ2v) is 6.07. The Hall–Kier alpha value is -2.66. The van der Waals surface area contributed by atoms with E-state index in [0.717, 1.165) is 28.1 Å². The van der Waals surface area contributed by atoms with Gasteiger partial charge in [-0.2, -0.15) is 5.10 Å². The first-order valence-corrected chi connectivity index (χ1v) is 8.12. The van der Waals surface area contributed by atoms with Crippen LogP contribution in [0.5, 0.6) is 0 Å². The molecule has 0 aliphatic carbocycles. The van der Waals surface area contributed by atoms with Crippen molar-refractivity contribution in [2.45, 2.75) is 20.8 Å². The lowest BCUT2D eigenvalue weighted by molar-refractivity contribution is 0.603. The lowest BCUT2D eigenvalue weighted by Crippen LogP contribution is -2.25. The molecule has 0 saturated carbocycles. The fourth-order valence-corrected chi connectivity index (χ4v) is 2.54. The van der Waals surface area contributed by atoms with E-state index in [9.17, 15) is 0 Å². The highest BCUT2D eigenvalue weighted by molar-refractivity contribution is 7.80. The molecule has 0 spiro atoms. The van der Waals surface area contributed by atoms with Crippen LogP contribution in [0.1, 0.15) is 23.8 Å². The Kier molecular flexibility index (Phi) is 4.62. The first kappa shape index (κ1) is 16.2. The van der Waals surface area contributed by atoms with Gasteiger partial charge < -0.3 is 9.73 Å². The number of hydrazone groups is 1. The average molecular weight is 337 g/mol. The second kappa shape index (κ2) is 6.84. The van der Waals surface area contributed by atoms with Crippen molar-refractivity contribution in [1.29, 1.82) is 0 Å². The van der Waals surface area contributed by atoms with E-state index in [1.807, 2.05) is 49.4 Å². The minimum atomic E-state index is 0.444. The summed E-state index contributed by atoms with van der Waals surface area (Å²) >= 11 is 5.31. The highest BCUT2D eigenvalue weighted by atomic mass is 32.1. The minimum Gasteiger partial charge on any atom is -0.455 e. The van der Waals surface area contributed by atoms with Crippen LogP contribution in [0.15, 0.2) is 58.0 Å². The normalized spacial score (nSPS) is 11.5. The number of rotatable bonds is 3. The summed E-state index contributed by atoms with van der Waals surface area (Å²) in [7, 11) is 0. The van der Waals surface area contributed by atoms with Crippen LogP contribution in [0.3, 0.4) is 0 Å². The predicted molar refractivity (Wildman–Crippen MR) is 104 cm³/mol. The number of thiocarbonyl (C=S) groups is 1. The van der Waals surface area contributed by atoms with Crippen molar-refractivity contribution in [1.82, 2.24) is 5.43 Å². The molecule has 0 unspecified atom stereocenters. The molecular weight excluding hydrogens is 318 g/mol. The van der Waals surface area contributed by atoms with Crippen molar-refractivity contribution >= 4 is 39.7 Å². The lowest BCUT2D eigenvalue weighted by atomic mass is 10.1. The maximum Gasteiger partial charge on any atom is 0.191 e. The number of hydrogen-bond acceptors (Lipinski definition) is 3. The van der Waals surface area contributed by atoms with Gasteiger partial charge in [0.05, 0.1) is 0 Å². The van der Waals surface area contributed by atoms with E-state index in [1.54, 1.807) is 0 Å². The zero-order valence-corrected chi connectivity index (χ0v) is 14.7. The van der Waals surface area contributed by atoms with Crippen molar-refractivity contribution in [3.8, 4) is 0 Å². The number of furan rings is 1. The molecule has 0 aliphatic rings. The number of hydrogen-bond donors (Lipinski definition) is 2. The number of benzene rings is 2. The van der Waals surface area contributed by atoms with Gasteiger partial charge in [-0.1, -0.05) is 30.3 Å². The number of fused-ring (bicyclic) bond motifs is 1. The van der Waals surface area contributed by atoms with Crippen LogP contribution in [-0.2, 0) is 0 Å². The molecule has 1 aromatic heterocycles. The van der Waals surface area contributed by atoms with Crippen LogP contribution in [-0.4, -0.2) is 10.8 Å². The Labute approximate surface area is 146 Å². The first-order valence-electron chi connectivity index (χ1n) is 7.71. The quantitative estimate of drug-likeness (QED) is 0.411. The van der Waals surface area contributed by atoms with Gasteiger partial charge in [-0.25, -0.2) is 0 Å². The maximum absolute atomic E-state index is 5.78. The molecule has 122 valence electrons. The molecule has 0 bridgehead atoms. The summed E-state index contributed by atoms with van der Waals surface area (Å²) < 4.78 is 5.78. The van der Waals surface area contributed by atoms with E-state index >= 15 is 0 Å². The smallest absolute Gasteiger partial charge is 0.191 e. The second-order valence-electron chi connectivity index (χ2n) is 5.66. The molecule has 2 N–H and O–H groups in total. The molecule has 4 nitrogen and oxygen atoms in total. The summed E-state index contributed by atoms with van der Waals surface area (Å²) in [5.74, 6) is 0.721. The molecule has 3 aromatic rings. The predicted octanol–water partition coefficient (Wildman–Crippen LogP) is 4.76. The van der Waals surface area contributed by atoms with Crippen LogP contribution >= 0.6 is 12.2 Å². The van der Waals surface area contributed by atoms with Crippen LogP contribution in [0.2, 0.25) is 0 Å². The number of aryl methyl sites for hydroxylation is 1. The largest absolute Gasteiger partial charge is 0.455 e. The Morgan fingerprint density at radius 1 is 1.08 bits per heavy atom. The van der Waals surface area contributed by atoms with Gasteiger partial charge in [-0.3, -0.25) is 5.43 Å². The number of nitrogens with one attached hydrogen (secondary N) is 2. The summed E-state index contributed by atoms with van der Waals surface area (Å²) in [6.07, 6.45) is 0. The third-order valence-electron chi connectivity index (χ3n) is 3.96. The van der Waals surface area contributed by atoms with Crippen molar-refractivity contribution in [2.75, 3.05) is 5.32 Å². The van der Waals surface area contributed by atoms with Crippen LogP contribution in [0, 0.1) is 13.8 Å². The zero-order chi connectivity index (χ0) is 17.1. The summed E-state index contributed by atoms with van der Waals surface area (Å²) in [5.41, 5.74) is 7.80. The Balaban J connectivity index is 1.70. The summed E-state index contributed by atoms with van der Waals surface area (Å²) in [6.45, 7) is 6.01. The van der Waals surface area contributed by atoms with Crippen molar-refractivity contribution < 1.29 is 4.42 Å². The first-order chi connectivity index (χ1) is 11.5. The number of anilines is 1. The standard InChI is InChI=1S/C19H19N3OS/c1-12-7-6-9-16(13(12)2)20-19(24)22-21-14(3)18-11-15-8-4-5-10-17(15)23-18/h4-11H,1-3H3,(H2,20,22,24). The fraction of sp³-hybridized carbons (Fsp3) is 0.158. The van der Waals surface area contributed by atoms with E-state index in [4.69, 9.17) is 16.6 Å². The molecule has 0 saturated heterocycles. The van der Waals surface area contributed by atoms with Gasteiger partial charge >= 0.3 is 0 Å². The molecule has 0 amide bonds. The molecule has 24 heavy (non-hydrogen) atoms. The van der Waals surface area contributed by atoms with Crippen LogP contribution in [0.25, 0.3) is 11.0 Å². The molecule has 0 atom stereocenters. The van der Waals surface area contributed by atoms with Gasteiger partial charge in [-0.15, -0.1) is 0 Å². The van der Waals surface area contributed by atoms with E-state index in [2.05, 4.69) is 35.8 Å². The molecule has 0 radical (unpaired) electrons. The molecular formula is C19H19N3OS. The Morgan fingerprint density at radius 2 is 1.88 bits per heavy atom. The van der Waals surface area contributed by atoms with E-state index < -0.39 is 0 Å². The van der Waals surface area contributed by atoms with Crippen LogP contribution in [0.4, 0.5) is 5.69 Å². The highest BCUT2D eigenvalue weighted by Crippen LogP contribution is 2.19. The van der Waals surface area contributed by atoms with Gasteiger partial charge in [0.15, 0.2) is 10.9 Å². The van der Waals surface area contributed by atoms with Gasteiger partial charge in [0.2, 0.25) is 0 Å². The van der Waals surface area contributed by atoms with E-state index in [1.165, 1.54) is 11.1 Å². The highest BCUT2D eigenvalue weighted by Gasteiger charge is 2.07. The van der Waals surface area contributed by atoms with E-state index in [-0.39, 0.29) is 0 Å². The zero-order valence-electron chi connectivity index (χ0n) is 13.9. The Morgan fingerprint density at radius 3 is 2.67 bits per heavy atom. The van der Waals surface area contributed by atoms with Gasteiger partial charge in [0.1, 0.15) is 11.3 Å². The molecule has 1 heterocycles. The third kappa shape index (κ3) is 3.46. The molecule has 3 rings (SSSR count). The maximum atomic E-state index is 5.78. The average Bonchev–Trinajstić information content (AvgIpc) is 3.01. The SMILES string of the molecule is CC(=NNC(=S)Nc1cccc(C)c1C)c1cc2ccccc2o1. The van der Waals surface area contributed by atoms with Crippen LogP contribution < -0.4 is 10.7 Å². The minimum absolute atomic E-state index is 0.444. The van der Waals surface area contributed by atoms with Gasteiger partial charge in [0, 0.05) is 11.1 Å². The summed E-state index contributed by atoms with van der Waals surface area (Å²) in [5, 5.41) is 8.97. The topological polar surface area (TPSA) is 49.6 Å². The number of para-hydroxylation sites is 1. The number of nitrogens with zero attached hydrogens (tertiary/aromatic N) is 1. The lowest BCUT2D eigenvalue weighted by Gasteiger charge is -2.11. The molecule has 2 aromatic carbocycles. The van der Waals surface area contributed by atoms with Crippen molar-refractivity contribution in [2.24, 2.45) is 5.10 Å². The van der Waals surface area contributed by atoms with E-state index in [0.29, 0.717) is 5.11 Å².